The highest BCUT2D eigenvalue weighted by Crippen LogP contribution is 2.24. The average Bonchev–Trinajstić information content (AvgIpc) is 2.47. The van der Waals surface area contributed by atoms with Crippen LogP contribution in [0.5, 0.6) is 0 Å². The molecule has 0 aliphatic carbocycles. The number of esters is 1. The van der Waals surface area contributed by atoms with Crippen molar-refractivity contribution in [3.05, 3.63) is 45.8 Å². The molecule has 1 unspecified atom stereocenters. The summed E-state index contributed by atoms with van der Waals surface area (Å²) in [5.41, 5.74) is 10.9. The summed E-state index contributed by atoms with van der Waals surface area (Å²) in [6, 6.07) is 7.84. The number of ether oxygens (including phenoxy) is 1. The molecule has 108 valence electrons. The molecule has 0 amide bonds. The van der Waals surface area contributed by atoms with Crippen LogP contribution in [0.3, 0.4) is 0 Å². The van der Waals surface area contributed by atoms with E-state index >= 15 is 0 Å². The summed E-state index contributed by atoms with van der Waals surface area (Å²) in [5.74, 6) is -0.200. The number of benzene rings is 1. The van der Waals surface area contributed by atoms with Crippen molar-refractivity contribution in [2.75, 3.05) is 6.61 Å². The van der Waals surface area contributed by atoms with Crippen LogP contribution in [0.1, 0.15) is 50.3 Å². The van der Waals surface area contributed by atoms with Gasteiger partial charge in [0, 0.05) is 11.3 Å². The Hall–Kier alpha value is -2.00. The molecule has 1 rings (SSSR count). The lowest BCUT2D eigenvalue weighted by atomic mass is 10.00. The van der Waals surface area contributed by atoms with Crippen molar-refractivity contribution in [1.29, 1.82) is 0 Å². The van der Waals surface area contributed by atoms with E-state index < -0.39 is 0 Å². The van der Waals surface area contributed by atoms with E-state index in [9.17, 15) is 4.79 Å². The minimum atomic E-state index is -0.222. The molecule has 1 aromatic carbocycles. The van der Waals surface area contributed by atoms with Gasteiger partial charge in [0.05, 0.1) is 12.6 Å². The van der Waals surface area contributed by atoms with E-state index in [-0.39, 0.29) is 12.0 Å². The van der Waals surface area contributed by atoms with Crippen LogP contribution >= 0.6 is 0 Å². The molecule has 1 atom stereocenters. The second kappa shape index (κ2) is 8.99. The summed E-state index contributed by atoms with van der Waals surface area (Å²) in [4.78, 5) is 14.2. The largest absolute Gasteiger partial charge is 0.466 e. The van der Waals surface area contributed by atoms with Crippen molar-refractivity contribution in [3.63, 3.8) is 0 Å². The zero-order valence-electron chi connectivity index (χ0n) is 12.1. The minimum Gasteiger partial charge on any atom is -0.466 e. The van der Waals surface area contributed by atoms with Gasteiger partial charge < -0.3 is 4.74 Å². The molecule has 0 N–H and O–H groups in total. The fourth-order valence-corrected chi connectivity index (χ4v) is 2.00. The van der Waals surface area contributed by atoms with Crippen LogP contribution in [0.4, 0.5) is 0 Å². The van der Waals surface area contributed by atoms with Crippen LogP contribution in [0, 0.1) is 0 Å². The van der Waals surface area contributed by atoms with Crippen molar-refractivity contribution in [2.24, 2.45) is 5.11 Å². The maximum atomic E-state index is 11.3. The first-order valence-electron chi connectivity index (χ1n) is 6.99. The molecule has 1 aromatic rings. The van der Waals surface area contributed by atoms with Crippen LogP contribution in [0.2, 0.25) is 0 Å². The monoisotopic (exact) mass is 275 g/mol. The minimum absolute atomic E-state index is 0.200. The molecule has 0 saturated carbocycles. The predicted molar refractivity (Wildman–Crippen MR) is 78.2 cm³/mol. The molecule has 0 aliphatic heterocycles. The molecule has 5 heteroatoms. The molecule has 0 radical (unpaired) electrons. The van der Waals surface area contributed by atoms with Crippen molar-refractivity contribution in [1.82, 2.24) is 0 Å². The molecule has 0 aliphatic rings. The lowest BCUT2D eigenvalue weighted by Crippen LogP contribution is -2.04. The Kier molecular flexibility index (Phi) is 7.22. The lowest BCUT2D eigenvalue weighted by molar-refractivity contribution is -0.143. The summed E-state index contributed by atoms with van der Waals surface area (Å²) in [6.45, 7) is 4.28. The number of azide groups is 1. The summed E-state index contributed by atoms with van der Waals surface area (Å²) < 4.78 is 4.88. The van der Waals surface area contributed by atoms with Gasteiger partial charge in [-0.2, -0.15) is 0 Å². The predicted octanol–water partition coefficient (Wildman–Crippen LogP) is 4.33. The Labute approximate surface area is 119 Å². The SMILES string of the molecule is CCOC(=O)CCCC(N=[N+]=[N-])c1ccc(CC)cc1. The third-order valence-electron chi connectivity index (χ3n) is 3.13. The van der Waals surface area contributed by atoms with Crippen molar-refractivity contribution >= 4 is 5.97 Å². The summed E-state index contributed by atoms with van der Waals surface area (Å²) in [7, 11) is 0. The van der Waals surface area contributed by atoms with Gasteiger partial charge in [-0.05, 0) is 42.8 Å². The number of aryl methyl sites for hydroxylation is 1. The Bertz CT molecular complexity index is 465. The number of hydrogen-bond donors (Lipinski definition) is 0. The van der Waals surface area contributed by atoms with Crippen LogP contribution in [0.15, 0.2) is 29.4 Å². The fraction of sp³-hybridized carbons (Fsp3) is 0.533. The Balaban J connectivity index is 2.59. The van der Waals surface area contributed by atoms with Gasteiger partial charge in [-0.1, -0.05) is 36.3 Å². The van der Waals surface area contributed by atoms with E-state index in [1.807, 2.05) is 24.3 Å². The van der Waals surface area contributed by atoms with Crippen molar-refractivity contribution < 1.29 is 9.53 Å². The first-order chi connectivity index (χ1) is 9.71. The van der Waals surface area contributed by atoms with Gasteiger partial charge in [0.1, 0.15) is 0 Å². The van der Waals surface area contributed by atoms with E-state index in [2.05, 4.69) is 16.9 Å². The molecule has 0 bridgehead atoms. The highest BCUT2D eigenvalue weighted by Gasteiger charge is 2.11. The first kappa shape index (κ1) is 16.1. The van der Waals surface area contributed by atoms with E-state index in [1.54, 1.807) is 6.92 Å². The van der Waals surface area contributed by atoms with E-state index in [4.69, 9.17) is 10.3 Å². The summed E-state index contributed by atoms with van der Waals surface area (Å²) in [6.07, 6.45) is 2.64. The second-order valence-electron chi connectivity index (χ2n) is 4.51. The van der Waals surface area contributed by atoms with Crippen LogP contribution < -0.4 is 0 Å². The van der Waals surface area contributed by atoms with Gasteiger partial charge in [0.15, 0.2) is 0 Å². The molecule has 20 heavy (non-hydrogen) atoms. The summed E-state index contributed by atoms with van der Waals surface area (Å²) in [5, 5.41) is 3.82. The van der Waals surface area contributed by atoms with Gasteiger partial charge in [0.2, 0.25) is 0 Å². The van der Waals surface area contributed by atoms with Gasteiger partial charge in [0.25, 0.3) is 0 Å². The second-order valence-corrected chi connectivity index (χ2v) is 4.51. The fourth-order valence-electron chi connectivity index (χ4n) is 2.00. The zero-order valence-corrected chi connectivity index (χ0v) is 12.1. The molecular weight excluding hydrogens is 254 g/mol. The Morgan fingerprint density at radius 3 is 2.60 bits per heavy atom. The highest BCUT2D eigenvalue weighted by atomic mass is 16.5. The summed E-state index contributed by atoms with van der Waals surface area (Å²) >= 11 is 0. The van der Waals surface area contributed by atoms with Crippen molar-refractivity contribution in [2.45, 2.75) is 45.6 Å². The quantitative estimate of drug-likeness (QED) is 0.306. The molecule has 0 heterocycles. The van der Waals surface area contributed by atoms with Gasteiger partial charge in [-0.3, -0.25) is 4.79 Å². The number of hydrogen-bond acceptors (Lipinski definition) is 3. The zero-order chi connectivity index (χ0) is 14.8. The van der Waals surface area contributed by atoms with Crippen LogP contribution in [0.25, 0.3) is 10.4 Å². The lowest BCUT2D eigenvalue weighted by Gasteiger charge is -2.11. The Morgan fingerprint density at radius 2 is 2.05 bits per heavy atom. The molecular formula is C15H21N3O2. The van der Waals surface area contributed by atoms with E-state index in [0.29, 0.717) is 25.9 Å². The number of nitrogens with zero attached hydrogens (tertiary/aromatic N) is 3. The maximum Gasteiger partial charge on any atom is 0.305 e. The van der Waals surface area contributed by atoms with Gasteiger partial charge >= 0.3 is 5.97 Å². The van der Waals surface area contributed by atoms with Gasteiger partial charge in [-0.15, -0.1) is 0 Å². The topological polar surface area (TPSA) is 75.1 Å². The van der Waals surface area contributed by atoms with E-state index in [0.717, 1.165) is 12.0 Å². The first-order valence-corrected chi connectivity index (χ1v) is 6.99. The molecule has 0 spiro atoms. The molecule has 0 saturated heterocycles. The molecule has 0 fully saturated rings. The number of carbonyl (C=O) groups excluding carboxylic acids is 1. The average molecular weight is 275 g/mol. The maximum absolute atomic E-state index is 11.3. The third kappa shape index (κ3) is 5.33. The smallest absolute Gasteiger partial charge is 0.305 e. The normalized spacial score (nSPS) is 11.5. The van der Waals surface area contributed by atoms with Crippen LogP contribution in [-0.4, -0.2) is 12.6 Å². The molecule has 5 nitrogen and oxygen atoms in total. The highest BCUT2D eigenvalue weighted by molar-refractivity contribution is 5.69. The Morgan fingerprint density at radius 1 is 1.35 bits per heavy atom. The van der Waals surface area contributed by atoms with Crippen LogP contribution in [-0.2, 0) is 16.0 Å². The third-order valence-corrected chi connectivity index (χ3v) is 3.13. The number of rotatable bonds is 8. The van der Waals surface area contributed by atoms with Crippen molar-refractivity contribution in [3.8, 4) is 0 Å². The van der Waals surface area contributed by atoms with Gasteiger partial charge in [-0.25, -0.2) is 0 Å². The molecule has 0 aromatic heterocycles. The van der Waals surface area contributed by atoms with E-state index in [1.165, 1.54) is 5.56 Å². The number of carbonyl (C=O) groups is 1. The standard InChI is InChI=1S/C15H21N3O2/c1-3-12-8-10-13(11-9-12)14(17-18-16)6-5-7-15(19)20-4-2/h8-11,14H,3-7H2,1-2H3.